The van der Waals surface area contributed by atoms with Crippen LogP contribution in [-0.4, -0.2) is 12.1 Å². The summed E-state index contributed by atoms with van der Waals surface area (Å²) in [7, 11) is 0. The lowest BCUT2D eigenvalue weighted by Gasteiger charge is -2.30. The lowest BCUT2D eigenvalue weighted by atomic mass is 9.81. The Morgan fingerprint density at radius 1 is 1.10 bits per heavy atom. The zero-order valence-electron chi connectivity index (χ0n) is 13.7. The maximum Gasteiger partial charge on any atom is 0.00966 e. The molecule has 1 aromatic carbocycles. The van der Waals surface area contributed by atoms with E-state index in [1.807, 2.05) is 0 Å². The van der Waals surface area contributed by atoms with Crippen molar-refractivity contribution in [2.24, 2.45) is 5.92 Å². The molecule has 0 amide bonds. The van der Waals surface area contributed by atoms with Crippen LogP contribution in [0.3, 0.4) is 0 Å². The highest BCUT2D eigenvalue weighted by atomic mass is 14.9. The monoisotopic (exact) mass is 273 g/mol. The SMILES string of the molecule is Cc1cccc(C2CCCCCC2CNC(C)(C)C)c1. The highest BCUT2D eigenvalue weighted by Gasteiger charge is 2.26. The van der Waals surface area contributed by atoms with Crippen molar-refractivity contribution < 1.29 is 0 Å². The minimum Gasteiger partial charge on any atom is -0.312 e. The third kappa shape index (κ3) is 4.63. The highest BCUT2D eigenvalue weighted by Crippen LogP contribution is 2.36. The molecule has 0 aromatic heterocycles. The quantitative estimate of drug-likeness (QED) is 0.760. The van der Waals surface area contributed by atoms with Crippen LogP contribution in [-0.2, 0) is 0 Å². The van der Waals surface area contributed by atoms with E-state index in [4.69, 9.17) is 0 Å². The van der Waals surface area contributed by atoms with Crippen molar-refractivity contribution >= 4 is 0 Å². The van der Waals surface area contributed by atoms with E-state index >= 15 is 0 Å². The Morgan fingerprint density at radius 2 is 1.85 bits per heavy atom. The van der Waals surface area contributed by atoms with E-state index in [1.54, 1.807) is 5.56 Å². The second-order valence-electron chi connectivity index (χ2n) is 7.55. The first-order chi connectivity index (χ1) is 9.46. The van der Waals surface area contributed by atoms with Gasteiger partial charge < -0.3 is 5.32 Å². The van der Waals surface area contributed by atoms with Crippen molar-refractivity contribution in [3.63, 3.8) is 0 Å². The molecule has 0 heterocycles. The Balaban J connectivity index is 2.12. The Labute approximate surface area is 125 Å². The van der Waals surface area contributed by atoms with Crippen molar-refractivity contribution in [2.45, 2.75) is 71.3 Å². The van der Waals surface area contributed by atoms with E-state index in [2.05, 4.69) is 57.3 Å². The maximum atomic E-state index is 3.73. The molecular formula is C19H31N. The standard InChI is InChI=1S/C19H31N/c1-15-9-8-11-16(13-15)18-12-7-5-6-10-17(18)14-20-19(2,3)4/h8-9,11,13,17-18,20H,5-7,10,12,14H2,1-4H3. The molecule has 1 nitrogen and oxygen atoms in total. The van der Waals surface area contributed by atoms with E-state index in [9.17, 15) is 0 Å². The van der Waals surface area contributed by atoms with Crippen molar-refractivity contribution in [2.75, 3.05) is 6.54 Å². The summed E-state index contributed by atoms with van der Waals surface area (Å²) in [6.45, 7) is 10.2. The molecular weight excluding hydrogens is 242 g/mol. The van der Waals surface area contributed by atoms with Crippen LogP contribution < -0.4 is 5.32 Å². The van der Waals surface area contributed by atoms with Crippen LogP contribution in [0.1, 0.15) is 69.9 Å². The molecule has 1 fully saturated rings. The maximum absolute atomic E-state index is 3.73. The second-order valence-corrected chi connectivity index (χ2v) is 7.55. The minimum atomic E-state index is 0.226. The van der Waals surface area contributed by atoms with Crippen LogP contribution in [0.15, 0.2) is 24.3 Å². The Hall–Kier alpha value is -0.820. The fraction of sp³-hybridized carbons (Fsp3) is 0.684. The summed E-state index contributed by atoms with van der Waals surface area (Å²) in [6.07, 6.45) is 6.94. The van der Waals surface area contributed by atoms with Gasteiger partial charge in [0.05, 0.1) is 0 Å². The molecule has 0 aliphatic heterocycles. The van der Waals surface area contributed by atoms with Gasteiger partial charge in [0.15, 0.2) is 0 Å². The molecule has 1 aliphatic rings. The third-order valence-corrected chi connectivity index (χ3v) is 4.52. The molecule has 2 rings (SSSR count). The second kappa shape index (κ2) is 6.76. The molecule has 1 saturated carbocycles. The summed E-state index contributed by atoms with van der Waals surface area (Å²) in [5.74, 6) is 1.53. The lowest BCUT2D eigenvalue weighted by molar-refractivity contribution is 0.322. The van der Waals surface area contributed by atoms with Gasteiger partial charge in [-0.15, -0.1) is 0 Å². The van der Waals surface area contributed by atoms with Crippen LogP contribution in [0, 0.1) is 12.8 Å². The molecule has 2 unspecified atom stereocenters. The molecule has 1 N–H and O–H groups in total. The Morgan fingerprint density at radius 3 is 2.55 bits per heavy atom. The lowest BCUT2D eigenvalue weighted by Crippen LogP contribution is -2.40. The first-order valence-electron chi connectivity index (χ1n) is 8.27. The number of rotatable bonds is 3. The summed E-state index contributed by atoms with van der Waals surface area (Å²) in [4.78, 5) is 0. The van der Waals surface area contributed by atoms with Crippen molar-refractivity contribution in [3.05, 3.63) is 35.4 Å². The summed E-state index contributed by atoms with van der Waals surface area (Å²) >= 11 is 0. The summed E-state index contributed by atoms with van der Waals surface area (Å²) in [5.41, 5.74) is 3.19. The number of aryl methyl sites for hydroxylation is 1. The van der Waals surface area contributed by atoms with Crippen molar-refractivity contribution in [3.8, 4) is 0 Å². The van der Waals surface area contributed by atoms with Crippen LogP contribution >= 0.6 is 0 Å². The van der Waals surface area contributed by atoms with Gasteiger partial charge in [0.2, 0.25) is 0 Å². The molecule has 112 valence electrons. The van der Waals surface area contributed by atoms with E-state index in [1.165, 1.54) is 37.7 Å². The van der Waals surface area contributed by atoms with Gasteiger partial charge in [0.1, 0.15) is 0 Å². The van der Waals surface area contributed by atoms with Crippen LogP contribution in [0.25, 0.3) is 0 Å². The molecule has 1 aliphatic carbocycles. The topological polar surface area (TPSA) is 12.0 Å². The molecule has 0 spiro atoms. The van der Waals surface area contributed by atoms with Crippen molar-refractivity contribution in [1.82, 2.24) is 5.32 Å². The van der Waals surface area contributed by atoms with Gasteiger partial charge in [-0.25, -0.2) is 0 Å². The Bertz CT molecular complexity index is 416. The van der Waals surface area contributed by atoms with Crippen LogP contribution in [0.2, 0.25) is 0 Å². The molecule has 2 atom stereocenters. The van der Waals surface area contributed by atoms with Crippen molar-refractivity contribution in [1.29, 1.82) is 0 Å². The molecule has 0 bridgehead atoms. The molecule has 0 radical (unpaired) electrons. The van der Waals surface area contributed by atoms with Gasteiger partial charge in [-0.05, 0) is 64.5 Å². The Kier molecular flexibility index (Phi) is 5.26. The third-order valence-electron chi connectivity index (χ3n) is 4.52. The summed E-state index contributed by atoms with van der Waals surface area (Å²) in [5, 5.41) is 3.73. The first kappa shape index (κ1) is 15.6. The number of hydrogen-bond acceptors (Lipinski definition) is 1. The minimum absolute atomic E-state index is 0.226. The van der Waals surface area contributed by atoms with Gasteiger partial charge in [-0.2, -0.15) is 0 Å². The number of benzene rings is 1. The fourth-order valence-corrected chi connectivity index (χ4v) is 3.41. The smallest absolute Gasteiger partial charge is 0.00966 e. The average molecular weight is 273 g/mol. The zero-order chi connectivity index (χ0) is 14.6. The molecule has 20 heavy (non-hydrogen) atoms. The molecule has 1 heteroatoms. The van der Waals surface area contributed by atoms with Gasteiger partial charge >= 0.3 is 0 Å². The zero-order valence-corrected chi connectivity index (χ0v) is 13.7. The van der Waals surface area contributed by atoms with Gasteiger partial charge in [-0.3, -0.25) is 0 Å². The van der Waals surface area contributed by atoms with E-state index in [0.29, 0.717) is 0 Å². The predicted octanol–water partition coefficient (Wildman–Crippen LogP) is 5.05. The summed E-state index contributed by atoms with van der Waals surface area (Å²) < 4.78 is 0. The van der Waals surface area contributed by atoms with Gasteiger partial charge in [0.25, 0.3) is 0 Å². The number of hydrogen-bond donors (Lipinski definition) is 1. The number of nitrogens with one attached hydrogen (secondary N) is 1. The first-order valence-corrected chi connectivity index (χ1v) is 8.27. The van der Waals surface area contributed by atoms with Crippen LogP contribution in [0.5, 0.6) is 0 Å². The largest absolute Gasteiger partial charge is 0.312 e. The van der Waals surface area contributed by atoms with E-state index < -0.39 is 0 Å². The average Bonchev–Trinajstić information content (AvgIpc) is 2.60. The highest BCUT2D eigenvalue weighted by molar-refractivity contribution is 5.26. The normalized spacial score (nSPS) is 24.4. The molecule has 1 aromatic rings. The van der Waals surface area contributed by atoms with Crippen LogP contribution in [0.4, 0.5) is 0 Å². The van der Waals surface area contributed by atoms with Gasteiger partial charge in [0, 0.05) is 5.54 Å². The van der Waals surface area contributed by atoms with E-state index in [0.717, 1.165) is 18.4 Å². The fourth-order valence-electron chi connectivity index (χ4n) is 3.41. The molecule has 0 saturated heterocycles. The summed E-state index contributed by atoms with van der Waals surface area (Å²) in [6, 6.07) is 9.18. The van der Waals surface area contributed by atoms with E-state index in [-0.39, 0.29) is 5.54 Å². The predicted molar refractivity (Wildman–Crippen MR) is 88.3 cm³/mol. The van der Waals surface area contributed by atoms with Gasteiger partial charge in [-0.1, -0.05) is 49.1 Å².